The van der Waals surface area contributed by atoms with E-state index in [4.69, 9.17) is 5.11 Å². The number of ketones is 1. The van der Waals surface area contributed by atoms with Gasteiger partial charge in [0.2, 0.25) is 0 Å². The lowest BCUT2D eigenvalue weighted by Crippen LogP contribution is -2.02. The van der Waals surface area contributed by atoms with Gasteiger partial charge in [-0.2, -0.15) is 0 Å². The first-order valence-corrected chi connectivity index (χ1v) is 11.9. The third-order valence-electron chi connectivity index (χ3n) is 5.41. The van der Waals surface area contributed by atoms with Crippen LogP contribution in [0.3, 0.4) is 0 Å². The third-order valence-corrected chi connectivity index (χ3v) is 5.41. The number of carbonyl (C=O) groups is 2. The van der Waals surface area contributed by atoms with E-state index in [9.17, 15) is 9.59 Å². The Morgan fingerprint density at radius 3 is 1.33 bits per heavy atom. The van der Waals surface area contributed by atoms with Gasteiger partial charge >= 0.3 is 5.97 Å². The van der Waals surface area contributed by atoms with E-state index in [0.717, 1.165) is 38.5 Å². The van der Waals surface area contributed by atoms with Crippen molar-refractivity contribution < 1.29 is 14.7 Å². The number of rotatable bonds is 16. The number of carboxylic acid groups (broad SMARTS) is 1. The number of hydrogen-bond donors (Lipinski definition) is 1. The van der Waals surface area contributed by atoms with E-state index in [-0.39, 0.29) is 0 Å². The van der Waals surface area contributed by atoms with Crippen LogP contribution in [0.4, 0.5) is 0 Å². The van der Waals surface area contributed by atoms with Crippen molar-refractivity contribution in [3.05, 3.63) is 0 Å². The SMILES string of the molecule is CCCCCCCCCCCCCCCCCC(=O)O.O=C1CCCCC1. The second-order valence-electron chi connectivity index (χ2n) is 8.19. The Kier molecular flexibility index (Phi) is 20.8. The van der Waals surface area contributed by atoms with Gasteiger partial charge in [-0.05, 0) is 19.3 Å². The Morgan fingerprint density at radius 2 is 1.04 bits per heavy atom. The smallest absolute Gasteiger partial charge is 0.303 e. The lowest BCUT2D eigenvalue weighted by Gasteiger charge is -2.05. The summed E-state index contributed by atoms with van der Waals surface area (Å²) in [4.78, 5) is 20.8. The van der Waals surface area contributed by atoms with Crippen LogP contribution in [0.15, 0.2) is 0 Å². The Hall–Kier alpha value is -0.860. The molecule has 0 aromatic carbocycles. The first-order chi connectivity index (χ1) is 13.2. The minimum atomic E-state index is -0.653. The van der Waals surface area contributed by atoms with Crippen LogP contribution in [0.25, 0.3) is 0 Å². The Balaban J connectivity index is 0.000000797. The summed E-state index contributed by atoms with van der Waals surface area (Å²) in [5.74, 6) is -0.189. The van der Waals surface area contributed by atoms with Gasteiger partial charge < -0.3 is 5.11 Å². The fourth-order valence-electron chi connectivity index (χ4n) is 3.59. The molecule has 0 heterocycles. The van der Waals surface area contributed by atoms with E-state index in [2.05, 4.69) is 6.92 Å². The maximum absolute atomic E-state index is 10.5. The maximum atomic E-state index is 10.5. The van der Waals surface area contributed by atoms with Crippen LogP contribution in [0.1, 0.15) is 142 Å². The van der Waals surface area contributed by atoms with Gasteiger partial charge in [-0.1, -0.05) is 103 Å². The van der Waals surface area contributed by atoms with Crippen molar-refractivity contribution in [2.24, 2.45) is 0 Å². The largest absolute Gasteiger partial charge is 0.481 e. The van der Waals surface area contributed by atoms with Crippen LogP contribution >= 0.6 is 0 Å². The molecule has 1 fully saturated rings. The molecule has 0 unspecified atom stereocenters. The zero-order chi connectivity index (χ0) is 20.0. The van der Waals surface area contributed by atoms with Crippen molar-refractivity contribution in [3.63, 3.8) is 0 Å². The van der Waals surface area contributed by atoms with Gasteiger partial charge in [-0.3, -0.25) is 9.59 Å². The zero-order valence-electron chi connectivity index (χ0n) is 18.1. The quantitative estimate of drug-likeness (QED) is 0.276. The van der Waals surface area contributed by atoms with Gasteiger partial charge in [0.1, 0.15) is 5.78 Å². The molecule has 0 amide bonds. The number of hydrogen-bond acceptors (Lipinski definition) is 2. The minimum absolute atomic E-state index is 0.345. The van der Waals surface area contributed by atoms with E-state index < -0.39 is 5.97 Å². The summed E-state index contributed by atoms with van der Waals surface area (Å²) >= 11 is 0. The van der Waals surface area contributed by atoms with Gasteiger partial charge in [-0.25, -0.2) is 0 Å². The van der Waals surface area contributed by atoms with Gasteiger partial charge in [0.15, 0.2) is 0 Å². The van der Waals surface area contributed by atoms with Crippen LogP contribution in [-0.2, 0) is 9.59 Å². The average molecular weight is 383 g/mol. The van der Waals surface area contributed by atoms with Crippen molar-refractivity contribution in [1.29, 1.82) is 0 Å². The number of aliphatic carboxylic acids is 1. The molecular weight excluding hydrogens is 336 g/mol. The van der Waals surface area contributed by atoms with Crippen LogP contribution in [0, 0.1) is 0 Å². The van der Waals surface area contributed by atoms with Crippen LogP contribution in [-0.4, -0.2) is 16.9 Å². The summed E-state index contributed by atoms with van der Waals surface area (Å²) in [6.07, 6.45) is 25.4. The van der Waals surface area contributed by atoms with Crippen molar-refractivity contribution in [1.82, 2.24) is 0 Å². The highest BCUT2D eigenvalue weighted by atomic mass is 16.4. The van der Waals surface area contributed by atoms with Crippen LogP contribution in [0.2, 0.25) is 0 Å². The number of carboxylic acids is 1. The van der Waals surface area contributed by atoms with Gasteiger partial charge in [0.05, 0.1) is 0 Å². The third kappa shape index (κ3) is 23.1. The zero-order valence-corrected chi connectivity index (χ0v) is 18.1. The average Bonchev–Trinajstić information content (AvgIpc) is 2.66. The number of Topliss-reactive ketones (excluding diaryl/α,β-unsaturated/α-hetero) is 1. The minimum Gasteiger partial charge on any atom is -0.481 e. The summed E-state index contributed by atoms with van der Waals surface area (Å²) in [5.41, 5.74) is 0. The van der Waals surface area contributed by atoms with Crippen molar-refractivity contribution in [2.75, 3.05) is 0 Å². The predicted octanol–water partition coefficient (Wildman–Crippen LogP) is 7.85. The molecule has 0 spiro atoms. The number of unbranched alkanes of at least 4 members (excludes halogenated alkanes) is 14. The van der Waals surface area contributed by atoms with Crippen molar-refractivity contribution >= 4 is 11.8 Å². The van der Waals surface area contributed by atoms with E-state index in [0.29, 0.717) is 12.2 Å². The highest BCUT2D eigenvalue weighted by Gasteiger charge is 2.06. The molecule has 160 valence electrons. The monoisotopic (exact) mass is 382 g/mol. The van der Waals surface area contributed by atoms with Crippen LogP contribution in [0.5, 0.6) is 0 Å². The molecule has 1 aliphatic rings. The molecule has 0 aromatic rings. The highest BCUT2D eigenvalue weighted by Crippen LogP contribution is 2.14. The van der Waals surface area contributed by atoms with E-state index >= 15 is 0 Å². The molecule has 1 aliphatic carbocycles. The predicted molar refractivity (Wildman–Crippen MR) is 115 cm³/mol. The summed E-state index contributed by atoms with van der Waals surface area (Å²) in [6, 6.07) is 0. The topological polar surface area (TPSA) is 54.4 Å². The molecule has 0 bridgehead atoms. The Bertz CT molecular complexity index is 331. The van der Waals surface area contributed by atoms with E-state index in [1.165, 1.54) is 89.9 Å². The second-order valence-corrected chi connectivity index (χ2v) is 8.19. The second kappa shape index (κ2) is 21.4. The lowest BCUT2D eigenvalue weighted by molar-refractivity contribution is -0.137. The molecule has 0 radical (unpaired) electrons. The van der Waals surface area contributed by atoms with E-state index in [1.54, 1.807) is 0 Å². The number of carbonyl (C=O) groups excluding carboxylic acids is 1. The molecule has 3 nitrogen and oxygen atoms in total. The molecule has 1 saturated carbocycles. The molecule has 0 atom stereocenters. The summed E-state index contributed by atoms with van der Waals surface area (Å²) in [5, 5.41) is 8.52. The highest BCUT2D eigenvalue weighted by molar-refractivity contribution is 5.78. The maximum Gasteiger partial charge on any atom is 0.303 e. The fraction of sp³-hybridized carbons (Fsp3) is 0.917. The first kappa shape index (κ1) is 26.1. The molecule has 27 heavy (non-hydrogen) atoms. The molecule has 1 N–H and O–H groups in total. The van der Waals surface area contributed by atoms with Gasteiger partial charge in [0, 0.05) is 19.3 Å². The molecule has 0 aromatic heterocycles. The fourth-order valence-corrected chi connectivity index (χ4v) is 3.59. The van der Waals surface area contributed by atoms with Crippen molar-refractivity contribution in [2.45, 2.75) is 142 Å². The molecule has 0 aliphatic heterocycles. The summed E-state index contributed by atoms with van der Waals surface area (Å²) in [7, 11) is 0. The molecule has 1 rings (SSSR count). The first-order valence-electron chi connectivity index (χ1n) is 11.9. The van der Waals surface area contributed by atoms with E-state index in [1.807, 2.05) is 0 Å². The normalized spacial score (nSPS) is 13.9. The Labute approximate surface area is 168 Å². The van der Waals surface area contributed by atoms with Gasteiger partial charge in [-0.15, -0.1) is 0 Å². The molecule has 3 heteroatoms. The molecular formula is C24H46O3. The van der Waals surface area contributed by atoms with Gasteiger partial charge in [0.25, 0.3) is 0 Å². The summed E-state index contributed by atoms with van der Waals surface area (Å²) < 4.78 is 0. The molecule has 0 saturated heterocycles. The van der Waals surface area contributed by atoms with Crippen molar-refractivity contribution in [3.8, 4) is 0 Å². The van der Waals surface area contributed by atoms with Crippen LogP contribution < -0.4 is 0 Å². The lowest BCUT2D eigenvalue weighted by atomic mass is 10.00. The summed E-state index contributed by atoms with van der Waals surface area (Å²) in [6.45, 7) is 2.27. The standard InChI is InChI=1S/C18H36O2.C6H10O/c1-2-3-4-5-6-7-8-9-10-11-12-13-14-15-16-17-18(19)20;7-6-4-2-1-3-5-6/h2-17H2,1H3,(H,19,20);1-5H2. The Morgan fingerprint density at radius 1 is 0.667 bits per heavy atom.